The first-order valence-corrected chi connectivity index (χ1v) is 6.60. The Morgan fingerprint density at radius 3 is 3.00 bits per heavy atom. The fourth-order valence-corrected chi connectivity index (χ4v) is 1.53. The maximum absolute atomic E-state index is 10.3. The number of carboxylic acids is 1. The molecule has 0 bridgehead atoms. The van der Waals surface area contributed by atoms with Crippen LogP contribution in [-0.4, -0.2) is 34.7 Å². The van der Waals surface area contributed by atoms with E-state index in [1.54, 1.807) is 30.1 Å². The highest BCUT2D eigenvalue weighted by Gasteiger charge is 1.95. The monoisotopic (exact) mass is 253 g/mol. The lowest BCUT2D eigenvalue weighted by Crippen LogP contribution is -1.99. The summed E-state index contributed by atoms with van der Waals surface area (Å²) in [5.74, 6) is 0.801. The quantitative estimate of drug-likeness (QED) is 0.597. The Hall–Kier alpha value is -1.49. The minimum Gasteiger partial charge on any atom is -0.492 e. The Morgan fingerprint density at radius 1 is 1.59 bits per heavy atom. The largest absolute Gasteiger partial charge is 0.492 e. The summed E-state index contributed by atoms with van der Waals surface area (Å²) < 4.78 is 5.47. The Kier molecular flexibility index (Phi) is 6.17. The number of nitrogens with zero attached hydrogens (tertiary/aromatic N) is 1. The van der Waals surface area contributed by atoms with E-state index in [0.717, 1.165) is 18.2 Å². The van der Waals surface area contributed by atoms with E-state index >= 15 is 0 Å². The lowest BCUT2D eigenvalue weighted by molar-refractivity contribution is -0.131. The molecule has 5 heteroatoms. The maximum atomic E-state index is 10.3. The summed E-state index contributed by atoms with van der Waals surface area (Å²) in [6.07, 6.45) is 7.16. The molecule has 0 fully saturated rings. The van der Waals surface area contributed by atoms with Crippen LogP contribution in [0.15, 0.2) is 24.4 Å². The molecule has 1 rings (SSSR count). The Balaban J connectivity index is 2.42. The third-order valence-corrected chi connectivity index (χ3v) is 2.61. The molecule has 0 aliphatic heterocycles. The van der Waals surface area contributed by atoms with Crippen LogP contribution in [0, 0.1) is 0 Å². The standard InChI is InChI=1S/C12H15NO3S/c1-17-8-2-7-16-11-5-3-10(13-9-11)4-6-12(14)15/h3-6,9H,2,7-8H2,1H3,(H,14,15)/b6-4+. The molecule has 1 aromatic heterocycles. The highest BCUT2D eigenvalue weighted by molar-refractivity contribution is 7.98. The van der Waals surface area contributed by atoms with Crippen LogP contribution >= 0.6 is 11.8 Å². The van der Waals surface area contributed by atoms with Crippen molar-refractivity contribution in [1.29, 1.82) is 0 Å². The molecule has 0 atom stereocenters. The van der Waals surface area contributed by atoms with E-state index in [1.807, 2.05) is 0 Å². The van der Waals surface area contributed by atoms with Gasteiger partial charge in [0.1, 0.15) is 5.75 Å². The minimum atomic E-state index is -0.982. The number of ether oxygens (including phenoxy) is 1. The van der Waals surface area contributed by atoms with E-state index in [2.05, 4.69) is 11.2 Å². The first kappa shape index (κ1) is 13.6. The molecule has 0 unspecified atom stereocenters. The number of carbonyl (C=O) groups is 1. The summed E-state index contributed by atoms with van der Waals surface area (Å²) in [6.45, 7) is 0.673. The highest BCUT2D eigenvalue weighted by atomic mass is 32.2. The van der Waals surface area contributed by atoms with Gasteiger partial charge in [-0.3, -0.25) is 4.98 Å². The number of hydrogen-bond acceptors (Lipinski definition) is 4. The van der Waals surface area contributed by atoms with Crippen LogP contribution in [-0.2, 0) is 4.79 Å². The van der Waals surface area contributed by atoms with Crippen molar-refractivity contribution in [3.63, 3.8) is 0 Å². The number of rotatable bonds is 7. The van der Waals surface area contributed by atoms with Gasteiger partial charge in [-0.15, -0.1) is 0 Å². The molecule has 0 amide bonds. The molecule has 0 aromatic carbocycles. The molecular formula is C12H15NO3S. The van der Waals surface area contributed by atoms with E-state index in [1.165, 1.54) is 6.08 Å². The Labute approximate surface area is 105 Å². The van der Waals surface area contributed by atoms with E-state index in [4.69, 9.17) is 9.84 Å². The molecule has 92 valence electrons. The zero-order valence-corrected chi connectivity index (χ0v) is 10.4. The highest BCUT2D eigenvalue weighted by Crippen LogP contribution is 2.10. The lowest BCUT2D eigenvalue weighted by Gasteiger charge is -2.04. The van der Waals surface area contributed by atoms with Crippen molar-refractivity contribution in [2.75, 3.05) is 18.6 Å². The summed E-state index contributed by atoms with van der Waals surface area (Å²) >= 11 is 1.79. The van der Waals surface area contributed by atoms with Crippen molar-refractivity contribution >= 4 is 23.8 Å². The second-order valence-electron chi connectivity index (χ2n) is 3.29. The van der Waals surface area contributed by atoms with Crippen LogP contribution in [0.25, 0.3) is 6.08 Å². The van der Waals surface area contributed by atoms with Crippen molar-refractivity contribution in [2.45, 2.75) is 6.42 Å². The van der Waals surface area contributed by atoms with Crippen LogP contribution in [0.5, 0.6) is 5.75 Å². The van der Waals surface area contributed by atoms with Crippen LogP contribution in [0.1, 0.15) is 12.1 Å². The van der Waals surface area contributed by atoms with Crippen molar-refractivity contribution in [3.8, 4) is 5.75 Å². The summed E-state index contributed by atoms with van der Waals surface area (Å²) in [5.41, 5.74) is 0.601. The van der Waals surface area contributed by atoms with Gasteiger partial charge in [0.15, 0.2) is 0 Å². The number of hydrogen-bond donors (Lipinski definition) is 1. The third-order valence-electron chi connectivity index (χ3n) is 1.92. The van der Waals surface area contributed by atoms with Gasteiger partial charge >= 0.3 is 5.97 Å². The average Bonchev–Trinajstić information content (AvgIpc) is 2.33. The molecular weight excluding hydrogens is 238 g/mol. The smallest absolute Gasteiger partial charge is 0.328 e. The SMILES string of the molecule is CSCCCOc1ccc(/C=C/C(=O)O)nc1. The molecule has 1 N–H and O–H groups in total. The molecule has 0 saturated carbocycles. The Bertz CT molecular complexity index is 376. The summed E-state index contributed by atoms with van der Waals surface area (Å²) in [4.78, 5) is 14.4. The van der Waals surface area contributed by atoms with Gasteiger partial charge in [-0.05, 0) is 36.6 Å². The van der Waals surface area contributed by atoms with Gasteiger partial charge in [0.2, 0.25) is 0 Å². The molecule has 0 saturated heterocycles. The third kappa shape index (κ3) is 5.97. The molecule has 0 aliphatic rings. The van der Waals surface area contributed by atoms with E-state index in [-0.39, 0.29) is 0 Å². The number of carboxylic acid groups (broad SMARTS) is 1. The summed E-state index contributed by atoms with van der Waals surface area (Å²) in [6, 6.07) is 3.51. The Morgan fingerprint density at radius 2 is 2.41 bits per heavy atom. The number of aromatic nitrogens is 1. The minimum absolute atomic E-state index is 0.601. The topological polar surface area (TPSA) is 59.4 Å². The molecule has 0 spiro atoms. The predicted octanol–water partition coefficient (Wildman–Crippen LogP) is 2.31. The van der Waals surface area contributed by atoms with Gasteiger partial charge in [0.05, 0.1) is 18.5 Å². The zero-order valence-electron chi connectivity index (χ0n) is 9.63. The van der Waals surface area contributed by atoms with Gasteiger partial charge < -0.3 is 9.84 Å². The fraction of sp³-hybridized carbons (Fsp3) is 0.333. The van der Waals surface area contributed by atoms with Crippen LogP contribution in [0.4, 0.5) is 0 Å². The molecule has 0 aliphatic carbocycles. The predicted molar refractivity (Wildman–Crippen MR) is 69.4 cm³/mol. The van der Waals surface area contributed by atoms with Gasteiger partial charge in [-0.1, -0.05) is 0 Å². The molecule has 1 heterocycles. The second kappa shape index (κ2) is 7.73. The van der Waals surface area contributed by atoms with Gasteiger partial charge in [0, 0.05) is 6.08 Å². The first-order chi connectivity index (χ1) is 8.22. The lowest BCUT2D eigenvalue weighted by atomic mass is 10.3. The number of thioether (sulfide) groups is 1. The normalized spacial score (nSPS) is 10.6. The van der Waals surface area contributed by atoms with Crippen LogP contribution in [0.3, 0.4) is 0 Å². The van der Waals surface area contributed by atoms with E-state index in [9.17, 15) is 4.79 Å². The van der Waals surface area contributed by atoms with Crippen LogP contribution in [0.2, 0.25) is 0 Å². The number of aliphatic carboxylic acids is 1. The fourth-order valence-electron chi connectivity index (χ4n) is 1.13. The van der Waals surface area contributed by atoms with Gasteiger partial charge in [0.25, 0.3) is 0 Å². The van der Waals surface area contributed by atoms with Gasteiger partial charge in [-0.25, -0.2) is 4.79 Å². The molecule has 4 nitrogen and oxygen atoms in total. The van der Waals surface area contributed by atoms with Crippen molar-refractivity contribution in [3.05, 3.63) is 30.1 Å². The molecule has 0 radical (unpaired) electrons. The zero-order chi connectivity index (χ0) is 12.5. The van der Waals surface area contributed by atoms with E-state index < -0.39 is 5.97 Å². The van der Waals surface area contributed by atoms with Crippen molar-refractivity contribution < 1.29 is 14.6 Å². The van der Waals surface area contributed by atoms with Gasteiger partial charge in [-0.2, -0.15) is 11.8 Å². The summed E-state index contributed by atoms with van der Waals surface area (Å²) in [7, 11) is 0. The number of pyridine rings is 1. The van der Waals surface area contributed by atoms with Crippen LogP contribution < -0.4 is 4.74 Å². The maximum Gasteiger partial charge on any atom is 0.328 e. The van der Waals surface area contributed by atoms with Crippen molar-refractivity contribution in [2.24, 2.45) is 0 Å². The van der Waals surface area contributed by atoms with E-state index in [0.29, 0.717) is 18.1 Å². The average molecular weight is 253 g/mol. The molecule has 1 aromatic rings. The summed E-state index contributed by atoms with van der Waals surface area (Å²) in [5, 5.41) is 8.45. The van der Waals surface area contributed by atoms with Crippen molar-refractivity contribution in [1.82, 2.24) is 4.98 Å². The molecule has 17 heavy (non-hydrogen) atoms. The second-order valence-corrected chi connectivity index (χ2v) is 4.27. The first-order valence-electron chi connectivity index (χ1n) is 5.21.